The predicted octanol–water partition coefficient (Wildman–Crippen LogP) is 2.75. The fraction of sp³-hybridized carbons (Fsp3) is 0.429. The molecule has 3 N–H and O–H groups in total. The van der Waals surface area contributed by atoms with E-state index in [9.17, 15) is 14.0 Å². The van der Waals surface area contributed by atoms with Crippen LogP contribution in [0.3, 0.4) is 0 Å². The van der Waals surface area contributed by atoms with Gasteiger partial charge in [0.1, 0.15) is 11.9 Å². The first-order valence-electron chi connectivity index (χ1n) is 6.18. The Hall–Kier alpha value is -2.11. The van der Waals surface area contributed by atoms with Crippen molar-refractivity contribution in [3.05, 3.63) is 29.6 Å². The largest absolute Gasteiger partial charge is 0.480 e. The average Bonchev–Trinajstić information content (AvgIpc) is 2.29. The molecule has 0 heterocycles. The van der Waals surface area contributed by atoms with Gasteiger partial charge in [0.05, 0.1) is 5.69 Å². The number of rotatable bonds is 3. The van der Waals surface area contributed by atoms with Crippen LogP contribution < -0.4 is 10.6 Å². The van der Waals surface area contributed by atoms with E-state index in [1.165, 1.54) is 12.1 Å². The Morgan fingerprint density at radius 1 is 1.30 bits per heavy atom. The molecule has 0 aliphatic rings. The lowest BCUT2D eigenvalue weighted by Crippen LogP contribution is -2.50. The number of halogens is 1. The summed E-state index contributed by atoms with van der Waals surface area (Å²) in [7, 11) is 0. The first-order chi connectivity index (χ1) is 9.12. The van der Waals surface area contributed by atoms with Crippen LogP contribution in [0.5, 0.6) is 0 Å². The molecule has 1 aromatic rings. The highest BCUT2D eigenvalue weighted by atomic mass is 19.1. The minimum Gasteiger partial charge on any atom is -0.480 e. The number of anilines is 1. The lowest BCUT2D eigenvalue weighted by Gasteiger charge is -2.27. The minimum absolute atomic E-state index is 0.0445. The summed E-state index contributed by atoms with van der Waals surface area (Å²) in [5.74, 6) is -1.71. The summed E-state index contributed by atoms with van der Waals surface area (Å²) in [6.45, 7) is 6.73. The van der Waals surface area contributed by atoms with Gasteiger partial charge in [0.15, 0.2) is 0 Å². The number of amides is 2. The minimum atomic E-state index is -1.14. The molecule has 20 heavy (non-hydrogen) atoms. The average molecular weight is 282 g/mol. The Kier molecular flexibility index (Phi) is 4.70. The predicted molar refractivity (Wildman–Crippen MR) is 74.2 cm³/mol. The third-order valence-electron chi connectivity index (χ3n) is 2.85. The van der Waals surface area contributed by atoms with Crippen LogP contribution in [0.2, 0.25) is 0 Å². The maximum absolute atomic E-state index is 13.6. The van der Waals surface area contributed by atoms with Crippen LogP contribution in [0.15, 0.2) is 18.2 Å². The highest BCUT2D eigenvalue weighted by Crippen LogP contribution is 2.21. The fourth-order valence-electron chi connectivity index (χ4n) is 1.72. The lowest BCUT2D eigenvalue weighted by atomic mass is 9.87. The molecule has 2 amide bonds. The molecule has 0 unspecified atom stereocenters. The van der Waals surface area contributed by atoms with E-state index in [0.29, 0.717) is 5.56 Å². The smallest absolute Gasteiger partial charge is 0.326 e. The molecule has 1 aromatic carbocycles. The number of aryl methyl sites for hydroxylation is 1. The first-order valence-corrected chi connectivity index (χ1v) is 6.18. The van der Waals surface area contributed by atoms with Crippen LogP contribution in [-0.2, 0) is 4.79 Å². The molecular weight excluding hydrogens is 263 g/mol. The van der Waals surface area contributed by atoms with Gasteiger partial charge >= 0.3 is 12.0 Å². The number of hydrogen-bond acceptors (Lipinski definition) is 2. The normalized spacial score (nSPS) is 12.7. The van der Waals surface area contributed by atoms with E-state index in [1.807, 2.05) is 0 Å². The molecule has 0 aliphatic heterocycles. The maximum Gasteiger partial charge on any atom is 0.326 e. The molecule has 6 heteroatoms. The highest BCUT2D eigenvalue weighted by molar-refractivity contribution is 5.93. The van der Waals surface area contributed by atoms with Crippen molar-refractivity contribution >= 4 is 17.7 Å². The van der Waals surface area contributed by atoms with Crippen molar-refractivity contribution in [2.24, 2.45) is 5.41 Å². The fourth-order valence-corrected chi connectivity index (χ4v) is 1.72. The van der Waals surface area contributed by atoms with Gasteiger partial charge in [-0.2, -0.15) is 0 Å². The van der Waals surface area contributed by atoms with E-state index >= 15 is 0 Å². The molecule has 5 nitrogen and oxygen atoms in total. The third kappa shape index (κ3) is 3.94. The second kappa shape index (κ2) is 5.90. The number of benzene rings is 1. The Labute approximate surface area is 117 Å². The van der Waals surface area contributed by atoms with Crippen molar-refractivity contribution in [3.8, 4) is 0 Å². The molecule has 0 saturated heterocycles. The zero-order chi connectivity index (χ0) is 15.5. The van der Waals surface area contributed by atoms with Crippen LogP contribution in [-0.4, -0.2) is 23.1 Å². The van der Waals surface area contributed by atoms with Crippen molar-refractivity contribution in [2.45, 2.75) is 33.7 Å². The van der Waals surface area contributed by atoms with Crippen molar-refractivity contribution < 1.29 is 19.1 Å². The topological polar surface area (TPSA) is 78.4 Å². The van der Waals surface area contributed by atoms with E-state index in [-0.39, 0.29) is 5.69 Å². The lowest BCUT2D eigenvalue weighted by molar-refractivity contribution is -0.141. The molecule has 0 fully saturated rings. The quantitative estimate of drug-likeness (QED) is 0.797. The van der Waals surface area contributed by atoms with Crippen LogP contribution >= 0.6 is 0 Å². The number of urea groups is 1. The van der Waals surface area contributed by atoms with E-state index in [0.717, 1.165) is 0 Å². The van der Waals surface area contributed by atoms with Gasteiger partial charge in [0.25, 0.3) is 0 Å². The molecule has 0 radical (unpaired) electrons. The Morgan fingerprint density at radius 2 is 1.90 bits per heavy atom. The van der Waals surface area contributed by atoms with Gasteiger partial charge in [-0.1, -0.05) is 32.9 Å². The number of carbonyl (C=O) groups is 2. The zero-order valence-electron chi connectivity index (χ0n) is 12.0. The SMILES string of the molecule is Cc1cccc(F)c1NC(=O)N[C@@H](C(=O)O)C(C)(C)C. The summed E-state index contributed by atoms with van der Waals surface area (Å²) in [6, 6.07) is 2.58. The molecule has 0 bridgehead atoms. The first kappa shape index (κ1) is 15.9. The molecule has 1 rings (SSSR count). The Balaban J connectivity index is 2.84. The van der Waals surface area contributed by atoms with Crippen molar-refractivity contribution in [1.82, 2.24) is 5.32 Å². The van der Waals surface area contributed by atoms with E-state index in [4.69, 9.17) is 5.11 Å². The number of para-hydroxylation sites is 1. The number of aliphatic carboxylic acids is 1. The van der Waals surface area contributed by atoms with E-state index in [2.05, 4.69) is 10.6 Å². The summed E-state index contributed by atoms with van der Waals surface area (Å²) in [4.78, 5) is 23.0. The molecule has 1 atom stereocenters. The number of carboxylic acids is 1. The molecule has 0 spiro atoms. The van der Waals surface area contributed by atoms with Gasteiger partial charge in [-0.25, -0.2) is 14.0 Å². The molecule has 0 aliphatic carbocycles. The van der Waals surface area contributed by atoms with Crippen LogP contribution in [0.1, 0.15) is 26.3 Å². The number of nitrogens with one attached hydrogen (secondary N) is 2. The van der Waals surface area contributed by atoms with Crippen molar-refractivity contribution in [1.29, 1.82) is 0 Å². The Bertz CT molecular complexity index is 503. The standard InChI is InChI=1S/C14H19FN2O3/c1-8-6-5-7-9(15)10(8)16-13(20)17-11(12(18)19)14(2,3)4/h5-7,11H,1-4H3,(H,18,19)(H2,16,17,20)/t11-/m0/s1. The monoisotopic (exact) mass is 282 g/mol. The summed E-state index contributed by atoms with van der Waals surface area (Å²) in [6.07, 6.45) is 0. The van der Waals surface area contributed by atoms with E-state index in [1.54, 1.807) is 33.8 Å². The number of carboxylic acid groups (broad SMARTS) is 1. The molecular formula is C14H19FN2O3. The zero-order valence-corrected chi connectivity index (χ0v) is 12.0. The van der Waals surface area contributed by atoms with Gasteiger partial charge in [-0.05, 0) is 24.0 Å². The number of hydrogen-bond donors (Lipinski definition) is 3. The third-order valence-corrected chi connectivity index (χ3v) is 2.85. The van der Waals surface area contributed by atoms with Crippen LogP contribution in [0, 0.1) is 18.2 Å². The van der Waals surface area contributed by atoms with Crippen LogP contribution in [0.25, 0.3) is 0 Å². The molecule has 0 aromatic heterocycles. The van der Waals surface area contributed by atoms with Gasteiger partial charge in [-0.3, -0.25) is 0 Å². The maximum atomic E-state index is 13.6. The van der Waals surface area contributed by atoms with Crippen LogP contribution in [0.4, 0.5) is 14.9 Å². The second-order valence-corrected chi connectivity index (χ2v) is 5.67. The van der Waals surface area contributed by atoms with E-state index < -0.39 is 29.3 Å². The second-order valence-electron chi connectivity index (χ2n) is 5.67. The van der Waals surface area contributed by atoms with Gasteiger partial charge in [0.2, 0.25) is 0 Å². The van der Waals surface area contributed by atoms with Gasteiger partial charge in [-0.15, -0.1) is 0 Å². The molecule has 110 valence electrons. The van der Waals surface area contributed by atoms with Crippen molar-refractivity contribution in [2.75, 3.05) is 5.32 Å². The summed E-state index contributed by atoms with van der Waals surface area (Å²) < 4.78 is 13.6. The number of carbonyl (C=O) groups excluding carboxylic acids is 1. The molecule has 0 saturated carbocycles. The van der Waals surface area contributed by atoms with Gasteiger partial charge < -0.3 is 15.7 Å². The van der Waals surface area contributed by atoms with Gasteiger partial charge in [0, 0.05) is 0 Å². The summed E-state index contributed by atoms with van der Waals surface area (Å²) in [5, 5.41) is 13.8. The highest BCUT2D eigenvalue weighted by Gasteiger charge is 2.32. The van der Waals surface area contributed by atoms with Crippen molar-refractivity contribution in [3.63, 3.8) is 0 Å². The summed E-state index contributed by atoms with van der Waals surface area (Å²) in [5.41, 5.74) is -0.0567. The summed E-state index contributed by atoms with van der Waals surface area (Å²) >= 11 is 0. The Morgan fingerprint density at radius 3 is 2.35 bits per heavy atom.